The fourth-order valence-electron chi connectivity index (χ4n) is 5.03. The number of nitrogens with zero attached hydrogens (tertiary/aromatic N) is 2. The van der Waals surface area contributed by atoms with E-state index >= 15 is 0 Å². The average molecular weight is 434 g/mol. The Hall–Kier alpha value is -3.56. The number of aromatic nitrogens is 1. The van der Waals surface area contributed by atoms with Crippen LogP contribution in [0.3, 0.4) is 0 Å². The van der Waals surface area contributed by atoms with Crippen LogP contribution in [-0.4, -0.2) is 4.98 Å². The van der Waals surface area contributed by atoms with Gasteiger partial charge in [-0.3, -0.25) is 0 Å². The number of aromatic amines is 1. The number of allylic oxidation sites excluding steroid dienone is 1. The second-order valence-electron chi connectivity index (χ2n) is 10.1. The van der Waals surface area contributed by atoms with Crippen molar-refractivity contribution in [2.75, 3.05) is 0 Å². The molecule has 1 aliphatic rings. The Morgan fingerprint density at radius 2 is 1.61 bits per heavy atom. The van der Waals surface area contributed by atoms with Gasteiger partial charge in [0.05, 0.1) is 23.3 Å². The number of nitriles is 2. The first-order chi connectivity index (χ1) is 15.7. The molecule has 2 atom stereocenters. The standard InChI is InChI=1S/C30H31N3/c1-19(2)20(3)29(25-10-8-24(9-11-25)23-6-7-23)30(4,5)28-15-27(18-33-28)26-13-21(16-31)12-22(14-26)17-32/h8-15,18,20,23,29,33H,1,6-7H2,2-5H3. The van der Waals surface area contributed by atoms with Gasteiger partial charge in [0.2, 0.25) is 0 Å². The highest BCUT2D eigenvalue weighted by atomic mass is 14.7. The largest absolute Gasteiger partial charge is 0.364 e. The van der Waals surface area contributed by atoms with Crippen LogP contribution >= 0.6 is 0 Å². The molecule has 0 radical (unpaired) electrons. The summed E-state index contributed by atoms with van der Waals surface area (Å²) in [5.41, 5.74) is 7.74. The molecule has 1 aliphatic carbocycles. The smallest absolute Gasteiger partial charge is 0.0992 e. The monoisotopic (exact) mass is 433 g/mol. The predicted molar refractivity (Wildman–Crippen MR) is 134 cm³/mol. The summed E-state index contributed by atoms with van der Waals surface area (Å²) in [7, 11) is 0. The topological polar surface area (TPSA) is 63.4 Å². The van der Waals surface area contributed by atoms with Gasteiger partial charge >= 0.3 is 0 Å². The maximum absolute atomic E-state index is 9.36. The van der Waals surface area contributed by atoms with Gasteiger partial charge in [0.1, 0.15) is 0 Å². The molecule has 1 saturated carbocycles. The second kappa shape index (κ2) is 8.76. The zero-order valence-electron chi connectivity index (χ0n) is 19.9. The van der Waals surface area contributed by atoms with Crippen LogP contribution < -0.4 is 0 Å². The van der Waals surface area contributed by atoms with E-state index < -0.39 is 0 Å². The van der Waals surface area contributed by atoms with Crippen molar-refractivity contribution in [1.82, 2.24) is 4.98 Å². The highest BCUT2D eigenvalue weighted by Gasteiger charge is 2.38. The minimum Gasteiger partial charge on any atom is -0.364 e. The van der Waals surface area contributed by atoms with E-state index in [-0.39, 0.29) is 11.3 Å². The van der Waals surface area contributed by atoms with Crippen molar-refractivity contribution in [3.63, 3.8) is 0 Å². The van der Waals surface area contributed by atoms with E-state index in [2.05, 4.69) is 81.7 Å². The molecule has 1 heterocycles. The van der Waals surface area contributed by atoms with E-state index in [4.69, 9.17) is 0 Å². The maximum Gasteiger partial charge on any atom is 0.0992 e. The molecule has 1 fully saturated rings. The molecule has 0 bridgehead atoms. The molecule has 4 rings (SSSR count). The van der Waals surface area contributed by atoms with Crippen molar-refractivity contribution in [3.05, 3.63) is 94.8 Å². The van der Waals surface area contributed by atoms with Crippen molar-refractivity contribution >= 4 is 0 Å². The Morgan fingerprint density at radius 3 is 2.12 bits per heavy atom. The third-order valence-electron chi connectivity index (χ3n) is 7.30. The first-order valence-electron chi connectivity index (χ1n) is 11.6. The minimum atomic E-state index is -0.192. The Balaban J connectivity index is 1.73. The number of hydrogen-bond donors (Lipinski definition) is 1. The highest BCUT2D eigenvalue weighted by molar-refractivity contribution is 5.68. The summed E-state index contributed by atoms with van der Waals surface area (Å²) in [5, 5.41) is 18.7. The van der Waals surface area contributed by atoms with Crippen LogP contribution in [0.15, 0.2) is 66.9 Å². The minimum absolute atomic E-state index is 0.192. The van der Waals surface area contributed by atoms with Crippen LogP contribution in [0.1, 0.15) is 80.3 Å². The lowest BCUT2D eigenvalue weighted by Crippen LogP contribution is -2.32. The number of nitrogens with one attached hydrogen (secondary N) is 1. The number of H-pyrrole nitrogens is 1. The van der Waals surface area contributed by atoms with Crippen LogP contribution in [-0.2, 0) is 5.41 Å². The van der Waals surface area contributed by atoms with E-state index in [0.29, 0.717) is 17.0 Å². The number of hydrogen-bond acceptors (Lipinski definition) is 2. The Bertz CT molecular complexity index is 1220. The van der Waals surface area contributed by atoms with Crippen molar-refractivity contribution in [1.29, 1.82) is 10.5 Å². The van der Waals surface area contributed by atoms with Gasteiger partial charge < -0.3 is 4.98 Å². The normalized spacial score (nSPS) is 15.3. The zero-order valence-corrected chi connectivity index (χ0v) is 19.9. The van der Waals surface area contributed by atoms with E-state index in [1.54, 1.807) is 6.07 Å². The Labute approximate surface area is 197 Å². The molecule has 33 heavy (non-hydrogen) atoms. The Morgan fingerprint density at radius 1 is 1.00 bits per heavy atom. The fourth-order valence-corrected chi connectivity index (χ4v) is 5.03. The average Bonchev–Trinajstić information content (AvgIpc) is 3.53. The molecule has 0 aliphatic heterocycles. The van der Waals surface area contributed by atoms with Gasteiger partial charge in [-0.2, -0.15) is 10.5 Å². The molecule has 0 amide bonds. The SMILES string of the molecule is C=C(C)C(C)C(c1ccc(C2CC2)cc1)C(C)(C)c1cc(-c2cc(C#N)cc(C#N)c2)c[nH]1. The molecule has 1 N–H and O–H groups in total. The van der Waals surface area contributed by atoms with E-state index in [1.165, 1.54) is 29.5 Å². The van der Waals surface area contributed by atoms with Crippen molar-refractivity contribution in [3.8, 4) is 23.3 Å². The third-order valence-corrected chi connectivity index (χ3v) is 7.30. The number of benzene rings is 2. The number of rotatable bonds is 7. The summed E-state index contributed by atoms with van der Waals surface area (Å²) in [4.78, 5) is 3.51. The molecule has 1 aromatic heterocycles. The van der Waals surface area contributed by atoms with Crippen LogP contribution in [0.2, 0.25) is 0 Å². The predicted octanol–water partition coefficient (Wildman–Crippen LogP) is 7.58. The molecule has 166 valence electrons. The quantitative estimate of drug-likeness (QED) is 0.390. The first-order valence-corrected chi connectivity index (χ1v) is 11.6. The van der Waals surface area contributed by atoms with Crippen molar-refractivity contribution in [2.24, 2.45) is 5.92 Å². The Kier molecular flexibility index (Phi) is 6.01. The lowest BCUT2D eigenvalue weighted by atomic mass is 9.65. The summed E-state index contributed by atoms with van der Waals surface area (Å²) < 4.78 is 0. The highest BCUT2D eigenvalue weighted by Crippen LogP contribution is 2.47. The van der Waals surface area contributed by atoms with E-state index in [9.17, 15) is 10.5 Å². The van der Waals surface area contributed by atoms with E-state index in [0.717, 1.165) is 22.7 Å². The van der Waals surface area contributed by atoms with Gasteiger partial charge in [0.15, 0.2) is 0 Å². The molecule has 2 aromatic carbocycles. The molecular formula is C30H31N3. The summed E-state index contributed by atoms with van der Waals surface area (Å²) >= 11 is 0. The van der Waals surface area contributed by atoms with Gasteiger partial charge in [-0.15, -0.1) is 0 Å². The van der Waals surface area contributed by atoms with Crippen LogP contribution in [0.5, 0.6) is 0 Å². The van der Waals surface area contributed by atoms with Gasteiger partial charge in [0.25, 0.3) is 0 Å². The van der Waals surface area contributed by atoms with E-state index in [1.807, 2.05) is 18.3 Å². The van der Waals surface area contributed by atoms with Gasteiger partial charge in [-0.25, -0.2) is 0 Å². The molecule has 0 saturated heterocycles. The summed E-state index contributed by atoms with van der Waals surface area (Å²) in [6.45, 7) is 13.2. The third kappa shape index (κ3) is 4.50. The molecule has 3 aromatic rings. The molecular weight excluding hydrogens is 402 g/mol. The molecule has 3 nitrogen and oxygen atoms in total. The molecule has 0 spiro atoms. The summed E-state index contributed by atoms with van der Waals surface area (Å²) in [6, 6.07) is 21.0. The summed E-state index contributed by atoms with van der Waals surface area (Å²) in [6.07, 6.45) is 4.60. The maximum atomic E-state index is 9.36. The van der Waals surface area contributed by atoms with Crippen molar-refractivity contribution < 1.29 is 0 Å². The molecule has 3 heteroatoms. The van der Waals surface area contributed by atoms with Crippen LogP contribution in [0.25, 0.3) is 11.1 Å². The zero-order chi connectivity index (χ0) is 23.8. The van der Waals surface area contributed by atoms with Crippen molar-refractivity contribution in [2.45, 2.75) is 57.8 Å². The molecule has 2 unspecified atom stereocenters. The summed E-state index contributed by atoms with van der Waals surface area (Å²) in [5.74, 6) is 1.29. The second-order valence-corrected chi connectivity index (χ2v) is 10.1. The van der Waals surface area contributed by atoms with Gasteiger partial charge in [-0.05, 0) is 78.1 Å². The van der Waals surface area contributed by atoms with Crippen LogP contribution in [0.4, 0.5) is 0 Å². The fraction of sp³-hybridized carbons (Fsp3) is 0.333. The van der Waals surface area contributed by atoms with Crippen LogP contribution in [0, 0.1) is 28.6 Å². The lowest BCUT2D eigenvalue weighted by molar-refractivity contribution is 0.334. The van der Waals surface area contributed by atoms with Gasteiger partial charge in [0, 0.05) is 23.2 Å². The lowest BCUT2D eigenvalue weighted by Gasteiger charge is -2.39. The first kappa shape index (κ1) is 22.6. The van der Waals surface area contributed by atoms with Gasteiger partial charge in [-0.1, -0.05) is 57.2 Å².